The summed E-state index contributed by atoms with van der Waals surface area (Å²) in [5, 5.41) is 3.32. The number of fused-ring (bicyclic) bond motifs is 1. The van der Waals surface area contributed by atoms with Crippen LogP contribution in [0.1, 0.15) is 29.4 Å². The van der Waals surface area contributed by atoms with E-state index in [9.17, 15) is 0 Å². The lowest BCUT2D eigenvalue weighted by Gasteiger charge is -2.19. The van der Waals surface area contributed by atoms with Crippen molar-refractivity contribution in [1.82, 2.24) is 15.3 Å². The Morgan fingerprint density at radius 1 is 1.38 bits per heavy atom. The minimum atomic E-state index is 0.426. The summed E-state index contributed by atoms with van der Waals surface area (Å²) >= 11 is 0. The van der Waals surface area contributed by atoms with Crippen LogP contribution in [0.5, 0.6) is 0 Å². The van der Waals surface area contributed by atoms with Crippen molar-refractivity contribution in [2.45, 2.75) is 25.4 Å². The van der Waals surface area contributed by atoms with Gasteiger partial charge in [0.15, 0.2) is 0 Å². The lowest BCUT2D eigenvalue weighted by molar-refractivity contribution is 0.109. The van der Waals surface area contributed by atoms with E-state index in [4.69, 9.17) is 10.5 Å². The molecular weight excluding hydrogens is 204 g/mol. The molecule has 3 rings (SSSR count). The molecule has 0 saturated carbocycles. The van der Waals surface area contributed by atoms with E-state index >= 15 is 0 Å². The Morgan fingerprint density at radius 3 is 3.12 bits per heavy atom. The summed E-state index contributed by atoms with van der Waals surface area (Å²) in [7, 11) is 0. The first kappa shape index (κ1) is 9.99. The van der Waals surface area contributed by atoms with E-state index < -0.39 is 0 Å². The molecule has 1 aromatic rings. The third-order valence-corrected chi connectivity index (χ3v) is 3.30. The fourth-order valence-corrected chi connectivity index (χ4v) is 2.33. The van der Waals surface area contributed by atoms with Crippen molar-refractivity contribution in [3.8, 4) is 0 Å². The number of hydrogen-bond acceptors (Lipinski definition) is 5. The zero-order chi connectivity index (χ0) is 11.0. The molecule has 16 heavy (non-hydrogen) atoms. The average molecular weight is 220 g/mol. The van der Waals surface area contributed by atoms with Gasteiger partial charge in [-0.15, -0.1) is 0 Å². The SMILES string of the molecule is Nc1nc(C2CCNC2)nc2c1COCC2. The van der Waals surface area contributed by atoms with Crippen molar-refractivity contribution in [1.29, 1.82) is 0 Å². The van der Waals surface area contributed by atoms with E-state index in [1.165, 1.54) is 0 Å². The summed E-state index contributed by atoms with van der Waals surface area (Å²) in [5.74, 6) is 1.94. The molecule has 2 aliphatic rings. The number of nitrogens with zero attached hydrogens (tertiary/aromatic N) is 2. The summed E-state index contributed by atoms with van der Waals surface area (Å²) < 4.78 is 5.37. The molecule has 2 aliphatic heterocycles. The molecule has 5 heteroatoms. The molecule has 86 valence electrons. The second kappa shape index (κ2) is 3.99. The van der Waals surface area contributed by atoms with Crippen LogP contribution in [0.2, 0.25) is 0 Å². The Morgan fingerprint density at radius 2 is 2.31 bits per heavy atom. The van der Waals surface area contributed by atoms with E-state index in [1.807, 2.05) is 0 Å². The molecular formula is C11H16N4O. The maximum atomic E-state index is 5.96. The van der Waals surface area contributed by atoms with Crippen LogP contribution in [0.25, 0.3) is 0 Å². The maximum absolute atomic E-state index is 5.96. The van der Waals surface area contributed by atoms with Gasteiger partial charge in [0, 0.05) is 24.4 Å². The monoisotopic (exact) mass is 220 g/mol. The highest BCUT2D eigenvalue weighted by molar-refractivity contribution is 5.43. The van der Waals surface area contributed by atoms with Crippen LogP contribution in [0, 0.1) is 0 Å². The highest BCUT2D eigenvalue weighted by atomic mass is 16.5. The molecule has 1 atom stereocenters. The summed E-state index contributed by atoms with van der Waals surface area (Å²) in [5.41, 5.74) is 8.03. The quantitative estimate of drug-likeness (QED) is 0.707. The van der Waals surface area contributed by atoms with Gasteiger partial charge >= 0.3 is 0 Å². The third kappa shape index (κ3) is 1.66. The van der Waals surface area contributed by atoms with Crippen LogP contribution in [-0.4, -0.2) is 29.7 Å². The van der Waals surface area contributed by atoms with Gasteiger partial charge in [0.05, 0.1) is 18.9 Å². The van der Waals surface area contributed by atoms with Crippen LogP contribution < -0.4 is 11.1 Å². The summed E-state index contributed by atoms with van der Waals surface area (Å²) in [6.45, 7) is 3.32. The van der Waals surface area contributed by atoms with Gasteiger partial charge in [0.1, 0.15) is 11.6 Å². The van der Waals surface area contributed by atoms with Crippen molar-refractivity contribution >= 4 is 5.82 Å². The highest BCUT2D eigenvalue weighted by Crippen LogP contribution is 2.25. The summed E-state index contributed by atoms with van der Waals surface area (Å²) in [6.07, 6.45) is 1.96. The highest BCUT2D eigenvalue weighted by Gasteiger charge is 2.23. The molecule has 0 bridgehead atoms. The molecule has 1 fully saturated rings. The van der Waals surface area contributed by atoms with E-state index in [1.54, 1.807) is 0 Å². The molecule has 3 heterocycles. The fraction of sp³-hybridized carbons (Fsp3) is 0.636. The van der Waals surface area contributed by atoms with E-state index in [0.29, 0.717) is 18.3 Å². The van der Waals surface area contributed by atoms with Gasteiger partial charge in [-0.25, -0.2) is 9.97 Å². The Bertz CT molecular complexity index is 401. The Hall–Kier alpha value is -1.20. The smallest absolute Gasteiger partial charge is 0.135 e. The topological polar surface area (TPSA) is 73.1 Å². The first-order valence-corrected chi connectivity index (χ1v) is 5.78. The third-order valence-electron chi connectivity index (χ3n) is 3.30. The molecule has 1 saturated heterocycles. The number of nitrogens with two attached hydrogens (primary N) is 1. The lowest BCUT2D eigenvalue weighted by atomic mass is 10.1. The van der Waals surface area contributed by atoms with Crippen molar-refractivity contribution in [3.05, 3.63) is 17.1 Å². The van der Waals surface area contributed by atoms with Crippen LogP contribution in [0.4, 0.5) is 5.82 Å². The van der Waals surface area contributed by atoms with E-state index in [0.717, 1.165) is 49.6 Å². The first-order chi connectivity index (χ1) is 7.84. The van der Waals surface area contributed by atoms with Crippen molar-refractivity contribution in [2.24, 2.45) is 0 Å². The van der Waals surface area contributed by atoms with Crippen LogP contribution >= 0.6 is 0 Å². The summed E-state index contributed by atoms with van der Waals surface area (Å²) in [6, 6.07) is 0. The molecule has 3 N–H and O–H groups in total. The molecule has 0 radical (unpaired) electrons. The molecule has 1 unspecified atom stereocenters. The normalized spacial score (nSPS) is 24.4. The van der Waals surface area contributed by atoms with Crippen molar-refractivity contribution < 1.29 is 4.74 Å². The first-order valence-electron chi connectivity index (χ1n) is 5.78. The number of ether oxygens (including phenoxy) is 1. The number of nitrogens with one attached hydrogen (secondary N) is 1. The molecule has 1 aromatic heterocycles. The minimum Gasteiger partial charge on any atom is -0.383 e. The van der Waals surface area contributed by atoms with Crippen LogP contribution in [-0.2, 0) is 17.8 Å². The minimum absolute atomic E-state index is 0.426. The van der Waals surface area contributed by atoms with Crippen molar-refractivity contribution in [2.75, 3.05) is 25.4 Å². The lowest BCUT2D eigenvalue weighted by Crippen LogP contribution is -2.19. The Labute approximate surface area is 94.4 Å². The standard InChI is InChI=1S/C11H16N4O/c12-10-8-6-16-4-2-9(8)14-11(15-10)7-1-3-13-5-7/h7,13H,1-6H2,(H2,12,14,15). The van der Waals surface area contributed by atoms with Crippen molar-refractivity contribution in [3.63, 3.8) is 0 Å². The van der Waals surface area contributed by atoms with E-state index in [-0.39, 0.29) is 0 Å². The second-order valence-electron chi connectivity index (χ2n) is 4.38. The average Bonchev–Trinajstić information content (AvgIpc) is 2.82. The predicted octanol–water partition coefficient (Wildman–Crippen LogP) is 0.208. The number of nitrogen functional groups attached to an aromatic ring is 1. The van der Waals surface area contributed by atoms with Gasteiger partial charge in [-0.1, -0.05) is 0 Å². The molecule has 0 spiro atoms. The van der Waals surface area contributed by atoms with Gasteiger partial charge in [-0.2, -0.15) is 0 Å². The van der Waals surface area contributed by atoms with E-state index in [2.05, 4.69) is 15.3 Å². The van der Waals surface area contributed by atoms with Gasteiger partial charge in [0.2, 0.25) is 0 Å². The zero-order valence-electron chi connectivity index (χ0n) is 9.20. The summed E-state index contributed by atoms with van der Waals surface area (Å²) in [4.78, 5) is 9.06. The van der Waals surface area contributed by atoms with Gasteiger partial charge in [-0.05, 0) is 13.0 Å². The predicted molar refractivity (Wildman–Crippen MR) is 60.0 cm³/mol. The van der Waals surface area contributed by atoms with Gasteiger partial charge in [-0.3, -0.25) is 0 Å². The fourth-order valence-electron chi connectivity index (χ4n) is 2.33. The van der Waals surface area contributed by atoms with Crippen LogP contribution in [0.3, 0.4) is 0 Å². The number of rotatable bonds is 1. The van der Waals surface area contributed by atoms with Crippen LogP contribution in [0.15, 0.2) is 0 Å². The number of aromatic nitrogens is 2. The molecule has 0 aliphatic carbocycles. The second-order valence-corrected chi connectivity index (χ2v) is 4.38. The zero-order valence-corrected chi connectivity index (χ0v) is 9.20. The maximum Gasteiger partial charge on any atom is 0.135 e. The largest absolute Gasteiger partial charge is 0.383 e. The molecule has 5 nitrogen and oxygen atoms in total. The Balaban J connectivity index is 1.97. The van der Waals surface area contributed by atoms with Gasteiger partial charge in [0.25, 0.3) is 0 Å². The molecule has 0 aromatic carbocycles. The number of hydrogen-bond donors (Lipinski definition) is 2. The number of anilines is 1. The molecule has 0 amide bonds. The Kier molecular flexibility index (Phi) is 2.49. The van der Waals surface area contributed by atoms with Gasteiger partial charge < -0.3 is 15.8 Å².